The Morgan fingerprint density at radius 3 is 1.73 bits per heavy atom. The zero-order chi connectivity index (χ0) is 51.5. The number of aromatic nitrogens is 1. The SMILES string of the molecule is CC(C)(C)c1ccc(N2B3c4cc5sc(-c6ccccc6)c(-c6ccccc6)c5cc4-n4c5cc6c(cc5c5c7sc8ccccc8c7c(c3c54)-c3cc4c(cc32)C(C)(C)CCC4(C)C)C(C)(C)CCC6(C)C)cc1. The van der Waals surface area contributed by atoms with Crippen LogP contribution in [0.1, 0.15) is 130 Å². The van der Waals surface area contributed by atoms with Gasteiger partial charge in [-0.3, -0.25) is 0 Å². The van der Waals surface area contributed by atoms with Crippen molar-refractivity contribution in [3.63, 3.8) is 0 Å². The van der Waals surface area contributed by atoms with Crippen molar-refractivity contribution in [3.05, 3.63) is 173 Å². The molecule has 75 heavy (non-hydrogen) atoms. The first kappa shape index (κ1) is 46.0. The average molecular weight is 1010 g/mol. The molecule has 0 saturated heterocycles. The molecule has 0 atom stereocenters. The van der Waals surface area contributed by atoms with Gasteiger partial charge in [0.1, 0.15) is 0 Å². The van der Waals surface area contributed by atoms with Crippen LogP contribution in [0.4, 0.5) is 11.4 Å². The average Bonchev–Trinajstić information content (AvgIpc) is 4.31. The number of thiophene rings is 2. The molecule has 370 valence electrons. The zero-order valence-corrected chi connectivity index (χ0v) is 47.1. The van der Waals surface area contributed by atoms with Crippen LogP contribution in [-0.4, -0.2) is 11.4 Å². The summed E-state index contributed by atoms with van der Waals surface area (Å²) in [6.07, 6.45) is 4.68. The van der Waals surface area contributed by atoms with E-state index in [1.165, 1.54) is 160 Å². The molecule has 5 heterocycles. The van der Waals surface area contributed by atoms with Gasteiger partial charge in [0.2, 0.25) is 0 Å². The van der Waals surface area contributed by atoms with Crippen LogP contribution in [0.15, 0.2) is 146 Å². The first-order chi connectivity index (χ1) is 35.8. The number of fused-ring (bicyclic) bond motifs is 16. The summed E-state index contributed by atoms with van der Waals surface area (Å²) in [6.45, 7) is 26.9. The predicted octanol–water partition coefficient (Wildman–Crippen LogP) is 18.9. The van der Waals surface area contributed by atoms with E-state index < -0.39 is 0 Å². The molecule has 2 aliphatic heterocycles. The van der Waals surface area contributed by atoms with Gasteiger partial charge in [-0.1, -0.05) is 167 Å². The highest BCUT2D eigenvalue weighted by Crippen LogP contribution is 2.58. The summed E-state index contributed by atoms with van der Waals surface area (Å²) in [4.78, 5) is 4.14. The molecule has 11 aromatic rings. The van der Waals surface area contributed by atoms with Crippen LogP contribution in [0, 0.1) is 0 Å². The molecule has 0 unspecified atom stereocenters. The van der Waals surface area contributed by atoms with E-state index in [1.54, 1.807) is 0 Å². The Balaban J connectivity index is 1.19. The molecule has 2 aliphatic carbocycles. The molecule has 3 aromatic heterocycles. The molecule has 0 spiro atoms. The topological polar surface area (TPSA) is 8.17 Å². The van der Waals surface area contributed by atoms with Crippen molar-refractivity contribution < 1.29 is 0 Å². The molecule has 4 aliphatic rings. The van der Waals surface area contributed by atoms with E-state index in [0.717, 1.165) is 6.42 Å². The number of anilines is 2. The van der Waals surface area contributed by atoms with Crippen LogP contribution in [-0.2, 0) is 27.1 Å². The monoisotopic (exact) mass is 1010 g/mol. The fourth-order valence-corrected chi connectivity index (χ4v) is 17.1. The highest BCUT2D eigenvalue weighted by atomic mass is 32.1. The number of hydrogen-bond donors (Lipinski definition) is 0. The van der Waals surface area contributed by atoms with Crippen LogP contribution < -0.4 is 15.7 Å². The first-order valence-corrected chi connectivity index (χ1v) is 29.3. The standard InChI is InChI=1S/C70H65BN2S2/c1-66(2,3)42-26-28-43(29-27-42)73-54-38-51-49(68(6,7)31-33-70(51,10)11)35-46(54)59-60-44-24-18-19-25-56(44)74-65(60)61-45-34-48-50(69(8,9)32-30-67(48,4)5)37-53(45)72-55-36-47-57(39-52(55)71(73)62(59)63(61)72)75-64(41-22-16-13-17-23-41)58(47)40-20-14-12-15-21-40/h12-29,34-39H,30-33H2,1-11H3. The van der Waals surface area contributed by atoms with Gasteiger partial charge in [-0.2, -0.15) is 0 Å². The van der Waals surface area contributed by atoms with Crippen molar-refractivity contribution in [1.29, 1.82) is 0 Å². The van der Waals surface area contributed by atoms with Gasteiger partial charge in [-0.15, -0.1) is 22.7 Å². The van der Waals surface area contributed by atoms with Crippen molar-refractivity contribution >= 4 is 104 Å². The van der Waals surface area contributed by atoms with E-state index in [-0.39, 0.29) is 33.9 Å². The normalized spacial score (nSPS) is 17.7. The van der Waals surface area contributed by atoms with Gasteiger partial charge < -0.3 is 9.38 Å². The first-order valence-electron chi connectivity index (χ1n) is 27.6. The fraction of sp³-hybridized carbons (Fsp3) is 0.286. The molecule has 0 saturated carbocycles. The summed E-state index contributed by atoms with van der Waals surface area (Å²) in [6, 6.07) is 57.4. The third-order valence-corrected chi connectivity index (χ3v) is 21.4. The van der Waals surface area contributed by atoms with E-state index >= 15 is 0 Å². The minimum absolute atomic E-state index is 0.0236. The van der Waals surface area contributed by atoms with Gasteiger partial charge in [0.05, 0.1) is 11.0 Å². The highest BCUT2D eigenvalue weighted by Gasteiger charge is 2.49. The predicted molar refractivity (Wildman–Crippen MR) is 328 cm³/mol. The van der Waals surface area contributed by atoms with Crippen molar-refractivity contribution in [1.82, 2.24) is 4.57 Å². The summed E-state index contributed by atoms with van der Waals surface area (Å²) in [5.41, 5.74) is 23.6. The van der Waals surface area contributed by atoms with Crippen LogP contribution in [0.5, 0.6) is 0 Å². The molecule has 0 N–H and O–H groups in total. The largest absolute Gasteiger partial charge is 0.376 e. The van der Waals surface area contributed by atoms with Crippen LogP contribution in [0.3, 0.4) is 0 Å². The minimum atomic E-state index is -0.113. The Morgan fingerprint density at radius 2 is 1.08 bits per heavy atom. The second-order valence-electron chi connectivity index (χ2n) is 26.5. The van der Waals surface area contributed by atoms with Crippen molar-refractivity contribution in [2.45, 2.75) is 129 Å². The Hall–Kier alpha value is -6.40. The lowest BCUT2D eigenvalue weighted by molar-refractivity contribution is 0.332. The molecule has 0 radical (unpaired) electrons. The van der Waals surface area contributed by atoms with Crippen molar-refractivity contribution in [2.75, 3.05) is 4.81 Å². The number of nitrogens with zero attached hydrogens (tertiary/aromatic N) is 2. The summed E-state index contributed by atoms with van der Waals surface area (Å²) >= 11 is 3.98. The summed E-state index contributed by atoms with van der Waals surface area (Å²) in [5, 5.41) is 6.92. The molecular weight excluding hydrogens is 944 g/mol. The maximum absolute atomic E-state index is 2.81. The van der Waals surface area contributed by atoms with Gasteiger partial charge in [0.15, 0.2) is 0 Å². The lowest BCUT2D eigenvalue weighted by atomic mass is 9.43. The van der Waals surface area contributed by atoms with Crippen LogP contribution in [0.25, 0.3) is 90.4 Å². The number of rotatable bonds is 3. The van der Waals surface area contributed by atoms with Crippen LogP contribution in [0.2, 0.25) is 0 Å². The van der Waals surface area contributed by atoms with E-state index in [2.05, 4.69) is 231 Å². The minimum Gasteiger partial charge on any atom is -0.376 e. The van der Waals surface area contributed by atoms with Gasteiger partial charge in [-0.25, -0.2) is 0 Å². The Morgan fingerprint density at radius 1 is 0.493 bits per heavy atom. The van der Waals surface area contributed by atoms with E-state index in [9.17, 15) is 0 Å². The number of hydrogen-bond acceptors (Lipinski definition) is 3. The molecule has 5 heteroatoms. The molecule has 15 rings (SSSR count). The third-order valence-electron chi connectivity index (χ3n) is 19.0. The van der Waals surface area contributed by atoms with Crippen LogP contribution >= 0.6 is 22.7 Å². The lowest BCUT2D eigenvalue weighted by Gasteiger charge is -2.46. The van der Waals surface area contributed by atoms with Crippen molar-refractivity contribution in [2.24, 2.45) is 0 Å². The molecule has 0 amide bonds. The van der Waals surface area contributed by atoms with Gasteiger partial charge in [0.25, 0.3) is 0 Å². The summed E-state index contributed by atoms with van der Waals surface area (Å²) in [5.74, 6) is 0. The second kappa shape index (κ2) is 15.2. The molecule has 2 nitrogen and oxygen atoms in total. The maximum Gasteiger partial charge on any atom is 0.333 e. The third kappa shape index (κ3) is 6.32. The smallest absolute Gasteiger partial charge is 0.333 e. The highest BCUT2D eigenvalue weighted by molar-refractivity contribution is 7.27. The Labute approximate surface area is 451 Å². The molecule has 8 aromatic carbocycles. The van der Waals surface area contributed by atoms with Gasteiger partial charge >= 0.3 is 6.85 Å². The molecule has 0 fully saturated rings. The Bertz CT molecular complexity index is 4270. The molecular formula is C70H65BN2S2. The van der Waals surface area contributed by atoms with Crippen molar-refractivity contribution in [3.8, 4) is 38.4 Å². The van der Waals surface area contributed by atoms with Gasteiger partial charge in [-0.05, 0) is 163 Å². The maximum atomic E-state index is 2.81. The van der Waals surface area contributed by atoms with E-state index in [0.29, 0.717) is 0 Å². The van der Waals surface area contributed by atoms with E-state index in [1.807, 2.05) is 22.7 Å². The fourth-order valence-electron chi connectivity index (χ4n) is 14.6. The van der Waals surface area contributed by atoms with Gasteiger partial charge in [0, 0.05) is 74.1 Å². The lowest BCUT2D eigenvalue weighted by Crippen LogP contribution is -2.60. The second-order valence-corrected chi connectivity index (χ2v) is 28.6. The van der Waals surface area contributed by atoms with E-state index in [4.69, 9.17) is 0 Å². The number of benzene rings is 8. The quantitative estimate of drug-likeness (QED) is 0.160. The summed E-state index contributed by atoms with van der Waals surface area (Å²) < 4.78 is 6.90. The zero-order valence-electron chi connectivity index (χ0n) is 45.5. The Kier molecular flexibility index (Phi) is 9.29. The molecule has 0 bridgehead atoms. The summed E-state index contributed by atoms with van der Waals surface area (Å²) in [7, 11) is 0.